The maximum absolute atomic E-state index is 12.7. The van der Waals surface area contributed by atoms with Crippen molar-refractivity contribution in [3.8, 4) is 5.69 Å². The molecule has 1 atom stereocenters. The van der Waals surface area contributed by atoms with Crippen LogP contribution in [0.15, 0.2) is 47.7 Å². The van der Waals surface area contributed by atoms with E-state index in [1.807, 2.05) is 28.9 Å². The first-order valence-corrected chi connectivity index (χ1v) is 11.2. The van der Waals surface area contributed by atoms with Gasteiger partial charge in [0.1, 0.15) is 0 Å². The van der Waals surface area contributed by atoms with Gasteiger partial charge in [0.15, 0.2) is 5.96 Å². The van der Waals surface area contributed by atoms with Crippen molar-refractivity contribution in [2.24, 2.45) is 4.99 Å². The highest BCUT2D eigenvalue weighted by atomic mass is 16.2. The SMILES string of the molecule is CN=C(NCc1ccc(-n2cccn2)cc1)N1CCN(C(C)C(=O)N2CCCC2)CC1. The van der Waals surface area contributed by atoms with Gasteiger partial charge in [-0.05, 0) is 43.5 Å². The molecule has 4 rings (SSSR count). The highest BCUT2D eigenvalue weighted by Crippen LogP contribution is 2.14. The van der Waals surface area contributed by atoms with Crippen LogP contribution in [0.25, 0.3) is 5.69 Å². The van der Waals surface area contributed by atoms with Crippen LogP contribution >= 0.6 is 0 Å². The number of amides is 1. The van der Waals surface area contributed by atoms with Crippen LogP contribution in [0.2, 0.25) is 0 Å². The van der Waals surface area contributed by atoms with Crippen molar-refractivity contribution in [3.05, 3.63) is 48.3 Å². The number of aliphatic imine (C=N–C) groups is 1. The molecule has 0 bridgehead atoms. The summed E-state index contributed by atoms with van der Waals surface area (Å²) >= 11 is 0. The highest BCUT2D eigenvalue weighted by Gasteiger charge is 2.30. The van der Waals surface area contributed by atoms with Gasteiger partial charge in [-0.3, -0.25) is 14.7 Å². The van der Waals surface area contributed by atoms with E-state index in [1.54, 1.807) is 6.20 Å². The third kappa shape index (κ3) is 5.07. The lowest BCUT2D eigenvalue weighted by Crippen LogP contribution is -2.57. The van der Waals surface area contributed by atoms with Gasteiger partial charge in [-0.25, -0.2) is 4.68 Å². The molecular formula is C23H33N7O. The summed E-state index contributed by atoms with van der Waals surface area (Å²) in [5.74, 6) is 1.20. The largest absolute Gasteiger partial charge is 0.352 e. The number of guanidine groups is 1. The Hall–Kier alpha value is -2.87. The summed E-state index contributed by atoms with van der Waals surface area (Å²) in [6, 6.07) is 10.3. The standard InChI is InChI=1S/C23H33N7O/c1-19(22(31)28-11-3-4-12-28)27-14-16-29(17-15-27)23(24-2)25-18-20-6-8-21(9-7-20)30-13-5-10-26-30/h5-10,13,19H,3-4,11-12,14-18H2,1-2H3,(H,24,25). The van der Waals surface area contributed by atoms with Gasteiger partial charge in [-0.15, -0.1) is 0 Å². The molecular weight excluding hydrogens is 390 g/mol. The molecule has 0 aliphatic carbocycles. The van der Waals surface area contributed by atoms with Gasteiger partial charge in [0.05, 0.1) is 11.7 Å². The van der Waals surface area contributed by atoms with Crippen LogP contribution in [-0.2, 0) is 11.3 Å². The summed E-state index contributed by atoms with van der Waals surface area (Å²) in [4.78, 5) is 23.8. The molecule has 0 saturated carbocycles. The molecule has 8 nitrogen and oxygen atoms in total. The molecule has 2 fully saturated rings. The smallest absolute Gasteiger partial charge is 0.239 e. The van der Waals surface area contributed by atoms with Crippen molar-refractivity contribution in [2.75, 3.05) is 46.3 Å². The maximum atomic E-state index is 12.7. The number of nitrogens with zero attached hydrogens (tertiary/aromatic N) is 6. The number of rotatable bonds is 5. The Morgan fingerprint density at radius 3 is 2.39 bits per heavy atom. The van der Waals surface area contributed by atoms with Gasteiger partial charge in [-0.1, -0.05) is 12.1 Å². The maximum Gasteiger partial charge on any atom is 0.239 e. The van der Waals surface area contributed by atoms with Crippen LogP contribution in [0, 0.1) is 0 Å². The van der Waals surface area contributed by atoms with E-state index >= 15 is 0 Å². The Morgan fingerprint density at radius 2 is 1.77 bits per heavy atom. The minimum absolute atomic E-state index is 0.0384. The molecule has 2 aliphatic rings. The van der Waals surface area contributed by atoms with Crippen molar-refractivity contribution in [3.63, 3.8) is 0 Å². The quantitative estimate of drug-likeness (QED) is 0.584. The Balaban J connectivity index is 1.26. The lowest BCUT2D eigenvalue weighted by Gasteiger charge is -2.39. The topological polar surface area (TPSA) is 69.0 Å². The zero-order chi connectivity index (χ0) is 21.6. The number of hydrogen-bond acceptors (Lipinski definition) is 4. The lowest BCUT2D eigenvalue weighted by atomic mass is 10.2. The summed E-state index contributed by atoms with van der Waals surface area (Å²) in [5, 5.41) is 7.74. The van der Waals surface area contributed by atoms with Gasteiger partial charge >= 0.3 is 0 Å². The van der Waals surface area contributed by atoms with Crippen LogP contribution in [-0.4, -0.2) is 88.7 Å². The van der Waals surface area contributed by atoms with Gasteiger partial charge in [0.25, 0.3) is 0 Å². The van der Waals surface area contributed by atoms with Crippen molar-refractivity contribution >= 4 is 11.9 Å². The van der Waals surface area contributed by atoms with E-state index in [1.165, 1.54) is 5.56 Å². The number of nitrogens with one attached hydrogen (secondary N) is 1. The normalized spacial score (nSPS) is 19.0. The Morgan fingerprint density at radius 1 is 1.06 bits per heavy atom. The van der Waals surface area contributed by atoms with E-state index in [4.69, 9.17) is 0 Å². The molecule has 2 aromatic rings. The second-order valence-electron chi connectivity index (χ2n) is 8.25. The fourth-order valence-electron chi connectivity index (χ4n) is 4.38. The van der Waals surface area contributed by atoms with E-state index < -0.39 is 0 Å². The second-order valence-corrected chi connectivity index (χ2v) is 8.25. The second kappa shape index (κ2) is 9.96. The summed E-state index contributed by atoms with van der Waals surface area (Å²) in [6.07, 6.45) is 6.00. The van der Waals surface area contributed by atoms with Crippen molar-refractivity contribution < 1.29 is 4.79 Å². The molecule has 3 heterocycles. The predicted molar refractivity (Wildman–Crippen MR) is 122 cm³/mol. The van der Waals surface area contributed by atoms with Gasteiger partial charge in [0, 0.05) is 65.3 Å². The third-order valence-corrected chi connectivity index (χ3v) is 6.30. The molecule has 0 radical (unpaired) electrons. The van der Waals surface area contributed by atoms with Crippen LogP contribution in [0.1, 0.15) is 25.3 Å². The molecule has 1 aromatic heterocycles. The van der Waals surface area contributed by atoms with Gasteiger partial charge < -0.3 is 15.1 Å². The molecule has 2 saturated heterocycles. The number of likely N-dealkylation sites (tertiary alicyclic amines) is 1. The number of benzene rings is 1. The third-order valence-electron chi connectivity index (χ3n) is 6.30. The fourth-order valence-corrected chi connectivity index (χ4v) is 4.38. The average molecular weight is 424 g/mol. The molecule has 166 valence electrons. The molecule has 2 aliphatic heterocycles. The molecule has 8 heteroatoms. The average Bonchev–Trinajstić information content (AvgIpc) is 3.54. The number of carbonyl (C=O) groups is 1. The van der Waals surface area contributed by atoms with Gasteiger partial charge in [0.2, 0.25) is 5.91 Å². The molecule has 0 spiro atoms. The van der Waals surface area contributed by atoms with Crippen molar-refractivity contribution in [1.29, 1.82) is 0 Å². The molecule has 1 N–H and O–H groups in total. The number of carbonyl (C=O) groups excluding carboxylic acids is 1. The zero-order valence-corrected chi connectivity index (χ0v) is 18.6. The molecule has 1 unspecified atom stereocenters. The molecule has 1 amide bonds. The van der Waals surface area contributed by atoms with Crippen molar-refractivity contribution in [1.82, 2.24) is 29.8 Å². The Labute approximate surface area is 184 Å². The van der Waals surface area contributed by atoms with Crippen LogP contribution in [0.5, 0.6) is 0 Å². The first kappa shape index (κ1) is 21.4. The van der Waals surface area contributed by atoms with E-state index in [9.17, 15) is 4.79 Å². The van der Waals surface area contributed by atoms with E-state index in [0.29, 0.717) is 0 Å². The van der Waals surface area contributed by atoms with Crippen LogP contribution in [0.4, 0.5) is 0 Å². The first-order valence-electron chi connectivity index (χ1n) is 11.2. The Bertz CT molecular complexity index is 864. The van der Waals surface area contributed by atoms with E-state index in [2.05, 4.69) is 56.4 Å². The van der Waals surface area contributed by atoms with Gasteiger partial charge in [-0.2, -0.15) is 5.10 Å². The zero-order valence-electron chi connectivity index (χ0n) is 18.6. The molecule has 31 heavy (non-hydrogen) atoms. The number of aromatic nitrogens is 2. The van der Waals surface area contributed by atoms with E-state index in [0.717, 1.165) is 70.3 Å². The lowest BCUT2D eigenvalue weighted by molar-refractivity contribution is -0.135. The number of piperazine rings is 1. The van der Waals surface area contributed by atoms with Crippen molar-refractivity contribution in [2.45, 2.75) is 32.4 Å². The summed E-state index contributed by atoms with van der Waals surface area (Å²) in [5.41, 5.74) is 2.24. The first-order chi connectivity index (χ1) is 15.2. The fraction of sp³-hybridized carbons (Fsp3) is 0.522. The monoisotopic (exact) mass is 423 g/mol. The predicted octanol–water partition coefficient (Wildman–Crippen LogP) is 1.58. The van der Waals surface area contributed by atoms with Crippen LogP contribution in [0.3, 0.4) is 0 Å². The number of hydrogen-bond donors (Lipinski definition) is 1. The minimum atomic E-state index is -0.0384. The Kier molecular flexibility index (Phi) is 6.86. The summed E-state index contributed by atoms with van der Waals surface area (Å²) in [7, 11) is 1.83. The molecule has 1 aromatic carbocycles. The van der Waals surface area contributed by atoms with E-state index in [-0.39, 0.29) is 11.9 Å². The summed E-state index contributed by atoms with van der Waals surface area (Å²) < 4.78 is 1.85. The van der Waals surface area contributed by atoms with Crippen LogP contribution < -0.4 is 5.32 Å². The summed E-state index contributed by atoms with van der Waals surface area (Å²) in [6.45, 7) is 8.10. The minimum Gasteiger partial charge on any atom is -0.352 e. The highest BCUT2D eigenvalue weighted by molar-refractivity contribution is 5.82.